The second-order valence-electron chi connectivity index (χ2n) is 3.37. The third-order valence-electron chi connectivity index (χ3n) is 1.90. The summed E-state index contributed by atoms with van der Waals surface area (Å²) in [6.07, 6.45) is 8.69. The van der Waals surface area contributed by atoms with Gasteiger partial charge in [0.05, 0.1) is 13.2 Å². The summed E-state index contributed by atoms with van der Waals surface area (Å²) in [4.78, 5) is 27.3. The number of hydrogen-bond acceptors (Lipinski definition) is 4. The van der Waals surface area contributed by atoms with Crippen LogP contribution in [0, 0.1) is 12.3 Å². The fraction of sp³-hybridized carbons (Fsp3) is 0.700. The summed E-state index contributed by atoms with van der Waals surface area (Å²) in [5.74, 6) is 1.19. The SMILES string of the molecule is C#CC(=O)OCCCCCCCOP(=O)(O)O. The van der Waals surface area contributed by atoms with E-state index in [1.807, 2.05) is 5.92 Å². The third kappa shape index (κ3) is 13.1. The van der Waals surface area contributed by atoms with Crippen molar-refractivity contribution in [1.82, 2.24) is 0 Å². The van der Waals surface area contributed by atoms with Crippen LogP contribution in [0.2, 0.25) is 0 Å². The van der Waals surface area contributed by atoms with E-state index in [1.54, 1.807) is 0 Å². The van der Waals surface area contributed by atoms with Gasteiger partial charge in [-0.25, -0.2) is 9.36 Å². The zero-order valence-electron chi connectivity index (χ0n) is 9.50. The summed E-state index contributed by atoms with van der Waals surface area (Å²) in [5.41, 5.74) is 0. The van der Waals surface area contributed by atoms with Gasteiger partial charge in [-0.2, -0.15) is 0 Å². The lowest BCUT2D eigenvalue weighted by Gasteiger charge is -2.04. The van der Waals surface area contributed by atoms with Gasteiger partial charge in [0.25, 0.3) is 0 Å². The molecule has 0 heterocycles. The van der Waals surface area contributed by atoms with Crippen molar-refractivity contribution in [3.05, 3.63) is 0 Å². The van der Waals surface area contributed by atoms with Gasteiger partial charge in [-0.3, -0.25) is 4.52 Å². The number of phosphoric ester groups is 1. The van der Waals surface area contributed by atoms with E-state index < -0.39 is 13.8 Å². The van der Waals surface area contributed by atoms with Crippen LogP contribution in [0.4, 0.5) is 0 Å². The van der Waals surface area contributed by atoms with Gasteiger partial charge in [0.2, 0.25) is 0 Å². The average Bonchev–Trinajstić information content (AvgIpc) is 2.25. The van der Waals surface area contributed by atoms with Crippen molar-refractivity contribution in [1.29, 1.82) is 0 Å². The van der Waals surface area contributed by atoms with Crippen LogP contribution in [0.5, 0.6) is 0 Å². The predicted molar refractivity (Wildman–Crippen MR) is 60.9 cm³/mol. The summed E-state index contributed by atoms with van der Waals surface area (Å²) in [6.45, 7) is 0.359. The van der Waals surface area contributed by atoms with Gasteiger partial charge in [-0.05, 0) is 12.8 Å². The summed E-state index contributed by atoms with van der Waals surface area (Å²) in [5, 5.41) is 0. The first kappa shape index (κ1) is 16.1. The number of phosphoric acid groups is 1. The number of terminal acetylenes is 1. The lowest BCUT2D eigenvalue weighted by molar-refractivity contribution is -0.136. The molecule has 0 spiro atoms. The molecule has 6 nitrogen and oxygen atoms in total. The highest BCUT2D eigenvalue weighted by atomic mass is 31.2. The minimum Gasteiger partial charge on any atom is -0.456 e. The van der Waals surface area contributed by atoms with Crippen molar-refractivity contribution < 1.29 is 28.4 Å². The number of unbranched alkanes of at least 4 members (excludes halogenated alkanes) is 4. The van der Waals surface area contributed by atoms with Crippen LogP contribution in [-0.4, -0.2) is 29.0 Å². The highest BCUT2D eigenvalue weighted by Gasteiger charge is 2.12. The molecular weight excluding hydrogens is 247 g/mol. The number of hydrogen-bond donors (Lipinski definition) is 2. The molecule has 0 amide bonds. The Balaban J connectivity index is 3.17. The van der Waals surface area contributed by atoms with Gasteiger partial charge in [0.15, 0.2) is 0 Å². The summed E-state index contributed by atoms with van der Waals surface area (Å²) >= 11 is 0. The molecule has 0 atom stereocenters. The Kier molecular flexibility index (Phi) is 8.73. The second-order valence-corrected chi connectivity index (χ2v) is 4.61. The Morgan fingerprint density at radius 1 is 1.12 bits per heavy atom. The van der Waals surface area contributed by atoms with Crippen molar-refractivity contribution in [2.24, 2.45) is 0 Å². The van der Waals surface area contributed by atoms with E-state index in [9.17, 15) is 9.36 Å². The van der Waals surface area contributed by atoms with Gasteiger partial charge in [0.1, 0.15) is 0 Å². The van der Waals surface area contributed by atoms with E-state index in [1.165, 1.54) is 0 Å². The first-order chi connectivity index (χ1) is 7.95. The maximum Gasteiger partial charge on any atom is 0.469 e. The highest BCUT2D eigenvalue weighted by molar-refractivity contribution is 7.46. The Hall–Kier alpha value is -0.860. The lowest BCUT2D eigenvalue weighted by Crippen LogP contribution is -2.02. The van der Waals surface area contributed by atoms with Gasteiger partial charge < -0.3 is 14.5 Å². The van der Waals surface area contributed by atoms with Crippen molar-refractivity contribution in [3.63, 3.8) is 0 Å². The molecular formula is C10H17O6P. The lowest BCUT2D eigenvalue weighted by atomic mass is 10.1. The minimum atomic E-state index is -4.32. The summed E-state index contributed by atoms with van der Waals surface area (Å²) in [6, 6.07) is 0. The zero-order chi connectivity index (χ0) is 13.1. The molecule has 0 rings (SSSR count). The molecule has 98 valence electrons. The zero-order valence-corrected chi connectivity index (χ0v) is 10.4. The van der Waals surface area contributed by atoms with Crippen molar-refractivity contribution in [2.45, 2.75) is 32.1 Å². The maximum absolute atomic E-state index is 10.5. The molecule has 0 aromatic heterocycles. The molecule has 0 aliphatic heterocycles. The van der Waals surface area contributed by atoms with Crippen molar-refractivity contribution in [2.75, 3.05) is 13.2 Å². The van der Waals surface area contributed by atoms with Crippen LogP contribution in [0.1, 0.15) is 32.1 Å². The molecule has 0 aromatic carbocycles. The van der Waals surface area contributed by atoms with Gasteiger partial charge in [-0.1, -0.05) is 19.3 Å². The van der Waals surface area contributed by atoms with Crippen LogP contribution in [0.3, 0.4) is 0 Å². The highest BCUT2D eigenvalue weighted by Crippen LogP contribution is 2.35. The number of carbonyl (C=O) groups excluding carboxylic acids is 1. The van der Waals surface area contributed by atoms with Crippen LogP contribution in [0.15, 0.2) is 0 Å². The smallest absolute Gasteiger partial charge is 0.456 e. The van der Waals surface area contributed by atoms with Gasteiger partial charge in [-0.15, -0.1) is 6.42 Å². The predicted octanol–water partition coefficient (Wildman–Crippen LogP) is 1.22. The molecule has 0 aliphatic rings. The Bertz CT molecular complexity index is 302. The molecule has 7 heteroatoms. The largest absolute Gasteiger partial charge is 0.469 e. The first-order valence-electron chi connectivity index (χ1n) is 5.29. The number of carbonyl (C=O) groups is 1. The standard InChI is InChI=1S/C10H17O6P/c1-2-10(11)15-8-6-4-3-5-7-9-16-17(12,13)14/h1H,3-9H2,(H2,12,13,14). The normalized spacial score (nSPS) is 10.9. The van der Waals surface area contributed by atoms with E-state index in [4.69, 9.17) is 16.2 Å². The molecule has 0 unspecified atom stereocenters. The second kappa shape index (κ2) is 9.20. The van der Waals surface area contributed by atoms with Crippen LogP contribution < -0.4 is 0 Å². The molecule has 17 heavy (non-hydrogen) atoms. The molecule has 0 aromatic rings. The maximum atomic E-state index is 10.5. The summed E-state index contributed by atoms with van der Waals surface area (Å²) < 4.78 is 19.2. The third-order valence-corrected chi connectivity index (χ3v) is 2.42. The number of rotatable bonds is 9. The molecule has 0 saturated carbocycles. The molecule has 0 radical (unpaired) electrons. The molecule has 0 aliphatic carbocycles. The van der Waals surface area contributed by atoms with E-state index in [0.29, 0.717) is 13.0 Å². The summed E-state index contributed by atoms with van der Waals surface area (Å²) in [7, 11) is -4.32. The van der Waals surface area contributed by atoms with E-state index in [0.717, 1.165) is 25.7 Å². The molecule has 0 fully saturated rings. The fourth-order valence-corrected chi connectivity index (χ4v) is 1.49. The first-order valence-corrected chi connectivity index (χ1v) is 6.82. The van der Waals surface area contributed by atoms with Crippen LogP contribution >= 0.6 is 7.82 Å². The van der Waals surface area contributed by atoms with Crippen LogP contribution in [-0.2, 0) is 18.6 Å². The molecule has 0 bridgehead atoms. The monoisotopic (exact) mass is 264 g/mol. The van der Waals surface area contributed by atoms with Gasteiger partial charge >= 0.3 is 13.8 Å². The van der Waals surface area contributed by atoms with Gasteiger partial charge in [0, 0.05) is 5.92 Å². The Morgan fingerprint density at radius 3 is 2.18 bits per heavy atom. The topological polar surface area (TPSA) is 93.1 Å². The Labute approximate surface area is 101 Å². The van der Waals surface area contributed by atoms with E-state index in [2.05, 4.69) is 9.26 Å². The minimum absolute atomic E-state index is 0.0519. The van der Waals surface area contributed by atoms with Crippen LogP contribution in [0.25, 0.3) is 0 Å². The number of ether oxygens (including phenoxy) is 1. The van der Waals surface area contributed by atoms with Crippen molar-refractivity contribution in [3.8, 4) is 12.3 Å². The number of esters is 1. The quantitative estimate of drug-likeness (QED) is 0.214. The molecule has 2 N–H and O–H groups in total. The van der Waals surface area contributed by atoms with Crippen molar-refractivity contribution >= 4 is 13.8 Å². The fourth-order valence-electron chi connectivity index (χ4n) is 1.12. The van der Waals surface area contributed by atoms with E-state index in [-0.39, 0.29) is 6.61 Å². The van der Waals surface area contributed by atoms with E-state index >= 15 is 0 Å². The Morgan fingerprint density at radius 2 is 1.65 bits per heavy atom. The average molecular weight is 264 g/mol. The molecule has 0 saturated heterocycles.